The number of anilines is 2. The van der Waals surface area contributed by atoms with Crippen molar-refractivity contribution in [2.24, 2.45) is 0 Å². The fourth-order valence-corrected chi connectivity index (χ4v) is 5.20. The minimum atomic E-state index is -3.64. The van der Waals surface area contributed by atoms with Crippen LogP contribution < -0.4 is 19.7 Å². The fraction of sp³-hybridized carbons (Fsp3) is 0.240. The lowest BCUT2D eigenvalue weighted by Crippen LogP contribution is -2.48. The molecule has 0 saturated carbocycles. The Balaban J connectivity index is 1.33. The smallest absolute Gasteiger partial charge is 0.262 e. The van der Waals surface area contributed by atoms with Gasteiger partial charge in [0.2, 0.25) is 10.0 Å². The van der Waals surface area contributed by atoms with Gasteiger partial charge in [-0.2, -0.15) is 4.31 Å². The molecule has 0 unspecified atom stereocenters. The number of hydrogen-bond donors (Lipinski definition) is 1. The molecule has 1 saturated heterocycles. The molecule has 0 atom stereocenters. The normalized spacial score (nSPS) is 14.4. The van der Waals surface area contributed by atoms with E-state index in [4.69, 9.17) is 9.47 Å². The van der Waals surface area contributed by atoms with E-state index in [-0.39, 0.29) is 17.4 Å². The second kappa shape index (κ2) is 10.6. The molecule has 0 bridgehead atoms. The van der Waals surface area contributed by atoms with Crippen molar-refractivity contribution in [1.82, 2.24) is 4.31 Å². The Morgan fingerprint density at radius 2 is 1.53 bits per heavy atom. The van der Waals surface area contributed by atoms with Gasteiger partial charge in [-0.3, -0.25) is 4.79 Å². The number of nitrogens with zero attached hydrogens (tertiary/aromatic N) is 2. The molecular weight excluding hydrogens is 454 g/mol. The molecule has 1 N–H and O–H groups in total. The molecule has 4 rings (SSSR count). The molecule has 3 aromatic rings. The van der Waals surface area contributed by atoms with Crippen LogP contribution in [0.2, 0.25) is 0 Å². The molecule has 0 spiro atoms. The predicted octanol–water partition coefficient (Wildman–Crippen LogP) is 3.22. The van der Waals surface area contributed by atoms with Gasteiger partial charge in [-0.1, -0.05) is 30.3 Å². The average Bonchev–Trinajstić information content (AvgIpc) is 2.88. The number of rotatable bonds is 8. The van der Waals surface area contributed by atoms with Crippen molar-refractivity contribution >= 4 is 27.3 Å². The number of hydrogen-bond acceptors (Lipinski definition) is 6. The SMILES string of the molecule is COc1ccccc1N1CCN(S(=O)(=O)c2ccc(NC(=O)COc3ccccc3)cc2)CC1. The van der Waals surface area contributed by atoms with Gasteiger partial charge in [-0.15, -0.1) is 0 Å². The molecule has 1 aliphatic heterocycles. The van der Waals surface area contributed by atoms with Gasteiger partial charge in [0.25, 0.3) is 5.91 Å². The van der Waals surface area contributed by atoms with Crippen LogP contribution in [0.4, 0.5) is 11.4 Å². The van der Waals surface area contributed by atoms with Crippen molar-refractivity contribution in [2.45, 2.75) is 4.90 Å². The summed E-state index contributed by atoms with van der Waals surface area (Å²) in [6, 6.07) is 22.9. The van der Waals surface area contributed by atoms with E-state index in [1.807, 2.05) is 42.5 Å². The first kappa shape index (κ1) is 23.6. The van der Waals surface area contributed by atoms with E-state index >= 15 is 0 Å². The lowest BCUT2D eigenvalue weighted by molar-refractivity contribution is -0.118. The first-order valence-corrected chi connectivity index (χ1v) is 12.4. The van der Waals surface area contributed by atoms with E-state index in [0.717, 1.165) is 11.4 Å². The lowest BCUT2D eigenvalue weighted by atomic mass is 10.2. The van der Waals surface area contributed by atoms with E-state index in [2.05, 4.69) is 10.2 Å². The van der Waals surface area contributed by atoms with Crippen molar-refractivity contribution in [1.29, 1.82) is 0 Å². The highest BCUT2D eigenvalue weighted by Gasteiger charge is 2.29. The number of nitrogens with one attached hydrogen (secondary N) is 1. The Hall–Kier alpha value is -3.56. The van der Waals surface area contributed by atoms with Crippen LogP contribution in [-0.4, -0.2) is 58.5 Å². The molecule has 0 radical (unpaired) electrons. The van der Waals surface area contributed by atoms with Gasteiger partial charge < -0.3 is 19.7 Å². The summed E-state index contributed by atoms with van der Waals surface area (Å²) >= 11 is 0. The van der Waals surface area contributed by atoms with Crippen LogP contribution in [0.5, 0.6) is 11.5 Å². The molecule has 0 aromatic heterocycles. The number of benzene rings is 3. The summed E-state index contributed by atoms with van der Waals surface area (Å²) in [6.45, 7) is 1.73. The molecule has 1 aliphatic rings. The summed E-state index contributed by atoms with van der Waals surface area (Å²) < 4.78 is 38.6. The van der Waals surface area contributed by atoms with E-state index < -0.39 is 10.0 Å². The Morgan fingerprint density at radius 1 is 0.882 bits per heavy atom. The quantitative estimate of drug-likeness (QED) is 0.532. The van der Waals surface area contributed by atoms with Crippen LogP contribution in [-0.2, 0) is 14.8 Å². The topological polar surface area (TPSA) is 88.2 Å². The van der Waals surface area contributed by atoms with Crippen molar-refractivity contribution in [3.8, 4) is 11.5 Å². The highest BCUT2D eigenvalue weighted by Crippen LogP contribution is 2.29. The number of methoxy groups -OCH3 is 1. The number of para-hydroxylation sites is 3. The van der Waals surface area contributed by atoms with E-state index in [1.165, 1.54) is 16.4 Å². The van der Waals surface area contributed by atoms with Gasteiger partial charge in [-0.05, 0) is 48.5 Å². The molecular formula is C25H27N3O5S. The van der Waals surface area contributed by atoms with E-state index in [9.17, 15) is 13.2 Å². The first-order chi connectivity index (χ1) is 16.5. The molecule has 9 heteroatoms. The predicted molar refractivity (Wildman–Crippen MR) is 131 cm³/mol. The minimum absolute atomic E-state index is 0.138. The van der Waals surface area contributed by atoms with Gasteiger partial charge in [0, 0.05) is 31.9 Å². The second-order valence-electron chi connectivity index (χ2n) is 7.74. The van der Waals surface area contributed by atoms with Crippen LogP contribution in [0.3, 0.4) is 0 Å². The summed E-state index contributed by atoms with van der Waals surface area (Å²) in [5, 5.41) is 2.71. The molecule has 1 amide bonds. The van der Waals surface area contributed by atoms with Crippen LogP contribution in [0, 0.1) is 0 Å². The number of piperazine rings is 1. The summed E-state index contributed by atoms with van der Waals surface area (Å²) in [4.78, 5) is 14.4. The van der Waals surface area contributed by atoms with E-state index in [1.54, 1.807) is 31.4 Å². The minimum Gasteiger partial charge on any atom is -0.495 e. The zero-order valence-corrected chi connectivity index (χ0v) is 19.7. The van der Waals surface area contributed by atoms with E-state index in [0.29, 0.717) is 37.6 Å². The van der Waals surface area contributed by atoms with Gasteiger partial charge in [-0.25, -0.2) is 8.42 Å². The van der Waals surface area contributed by atoms with Crippen LogP contribution in [0.15, 0.2) is 83.8 Å². The van der Waals surface area contributed by atoms with Gasteiger partial charge in [0.1, 0.15) is 11.5 Å². The Kier molecular flexibility index (Phi) is 7.34. The first-order valence-electron chi connectivity index (χ1n) is 10.9. The monoisotopic (exact) mass is 481 g/mol. The molecule has 1 heterocycles. The van der Waals surface area contributed by atoms with Crippen LogP contribution in [0.1, 0.15) is 0 Å². The molecule has 178 valence electrons. The molecule has 8 nitrogen and oxygen atoms in total. The third kappa shape index (κ3) is 5.49. The maximum atomic E-state index is 13.1. The maximum absolute atomic E-state index is 13.1. The summed E-state index contributed by atoms with van der Waals surface area (Å²) in [6.07, 6.45) is 0. The van der Waals surface area contributed by atoms with Crippen molar-refractivity contribution in [3.63, 3.8) is 0 Å². The highest BCUT2D eigenvalue weighted by molar-refractivity contribution is 7.89. The number of carbonyl (C=O) groups excluding carboxylic acids is 1. The summed E-state index contributed by atoms with van der Waals surface area (Å²) in [5.74, 6) is 1.04. The van der Waals surface area contributed by atoms with Crippen LogP contribution >= 0.6 is 0 Å². The number of ether oxygens (including phenoxy) is 2. The van der Waals surface area contributed by atoms with Crippen LogP contribution in [0.25, 0.3) is 0 Å². The average molecular weight is 482 g/mol. The number of sulfonamides is 1. The Bertz CT molecular complexity index is 1210. The fourth-order valence-electron chi connectivity index (χ4n) is 3.78. The highest BCUT2D eigenvalue weighted by atomic mass is 32.2. The summed E-state index contributed by atoms with van der Waals surface area (Å²) in [5.41, 5.74) is 1.46. The summed E-state index contributed by atoms with van der Waals surface area (Å²) in [7, 11) is -2.01. The zero-order valence-electron chi connectivity index (χ0n) is 18.9. The van der Waals surface area contributed by atoms with Crippen molar-refractivity contribution in [2.75, 3.05) is 50.1 Å². The molecule has 0 aliphatic carbocycles. The third-order valence-corrected chi connectivity index (χ3v) is 7.47. The van der Waals surface area contributed by atoms with Crippen molar-refractivity contribution < 1.29 is 22.7 Å². The Labute approximate surface area is 199 Å². The van der Waals surface area contributed by atoms with Crippen molar-refractivity contribution in [3.05, 3.63) is 78.9 Å². The number of amides is 1. The number of carbonyl (C=O) groups is 1. The van der Waals surface area contributed by atoms with Gasteiger partial charge >= 0.3 is 0 Å². The molecule has 34 heavy (non-hydrogen) atoms. The van der Waals surface area contributed by atoms with Gasteiger partial charge in [0.05, 0.1) is 17.7 Å². The Morgan fingerprint density at radius 3 is 2.21 bits per heavy atom. The second-order valence-corrected chi connectivity index (χ2v) is 9.68. The maximum Gasteiger partial charge on any atom is 0.262 e. The molecule has 3 aromatic carbocycles. The standard InChI is InChI=1S/C25H27N3O5S/c1-32-24-10-6-5-9-23(24)27-15-17-28(18-16-27)34(30,31)22-13-11-20(12-14-22)26-25(29)19-33-21-7-3-2-4-8-21/h2-14H,15-19H2,1H3,(H,26,29). The van der Waals surface area contributed by atoms with Gasteiger partial charge in [0.15, 0.2) is 6.61 Å². The largest absolute Gasteiger partial charge is 0.495 e. The molecule has 1 fully saturated rings. The zero-order chi connectivity index (χ0) is 24.0. The third-order valence-electron chi connectivity index (χ3n) is 5.55. The lowest BCUT2D eigenvalue weighted by Gasteiger charge is -2.35.